The van der Waals surface area contributed by atoms with Crippen LogP contribution in [0.3, 0.4) is 0 Å². The molecule has 1 aliphatic heterocycles. The number of benzene rings is 2. The number of rotatable bonds is 8. The molecular formula is C27H29NO5S2. The smallest absolute Gasteiger partial charge is 0.311 e. The number of thiophene rings is 1. The molecule has 5 rings (SSSR count). The molecule has 8 heteroatoms. The minimum absolute atomic E-state index is 0.220. The lowest BCUT2D eigenvalue weighted by Crippen LogP contribution is -2.35. The molecule has 1 aliphatic carbocycles. The maximum atomic E-state index is 13.4. The number of nitrogens with zero attached hydrogens (tertiary/aromatic N) is 1. The molecule has 184 valence electrons. The summed E-state index contributed by atoms with van der Waals surface area (Å²) in [5, 5.41) is 10.1. The molecule has 35 heavy (non-hydrogen) atoms. The Bertz CT molecular complexity index is 1310. The molecule has 2 aromatic carbocycles. The standard InChI is InChI=1S/C27H29NO5S2/c1-19-25(21-7-3-2-4-8-21)27(19,26(29)30)18-35(31,32)24-11-10-23(34-24)22-9-5-6-20(16-22)17-28-12-14-33-15-13-28/h2-11,16,19,25H,12-15,17-18H2,1H3,(H,29,30). The highest BCUT2D eigenvalue weighted by Gasteiger charge is 2.69. The number of ether oxygens (including phenoxy) is 1. The van der Waals surface area contributed by atoms with Gasteiger partial charge >= 0.3 is 5.97 Å². The van der Waals surface area contributed by atoms with Crippen molar-refractivity contribution >= 4 is 27.1 Å². The molecule has 2 fully saturated rings. The number of hydrogen-bond donors (Lipinski definition) is 1. The van der Waals surface area contributed by atoms with E-state index in [-0.39, 0.29) is 16.0 Å². The van der Waals surface area contributed by atoms with Crippen LogP contribution < -0.4 is 0 Å². The summed E-state index contributed by atoms with van der Waals surface area (Å²) < 4.78 is 32.5. The van der Waals surface area contributed by atoms with Gasteiger partial charge in [0.25, 0.3) is 0 Å². The molecule has 2 aliphatic rings. The first-order chi connectivity index (χ1) is 16.8. The maximum Gasteiger partial charge on any atom is 0.311 e. The van der Waals surface area contributed by atoms with E-state index in [1.165, 1.54) is 16.9 Å². The molecule has 0 amide bonds. The summed E-state index contributed by atoms with van der Waals surface area (Å²) in [7, 11) is -3.78. The first-order valence-electron chi connectivity index (χ1n) is 11.8. The predicted octanol–water partition coefficient (Wildman–Crippen LogP) is 4.53. The van der Waals surface area contributed by atoms with Crippen molar-refractivity contribution in [2.24, 2.45) is 11.3 Å². The van der Waals surface area contributed by atoms with Crippen LogP contribution in [0.15, 0.2) is 70.9 Å². The van der Waals surface area contributed by atoms with Crippen molar-refractivity contribution in [1.82, 2.24) is 4.90 Å². The van der Waals surface area contributed by atoms with E-state index < -0.39 is 27.0 Å². The fraction of sp³-hybridized carbons (Fsp3) is 0.370. The Morgan fingerprint density at radius 3 is 2.54 bits per heavy atom. The van der Waals surface area contributed by atoms with Crippen molar-refractivity contribution in [3.8, 4) is 10.4 Å². The highest BCUT2D eigenvalue weighted by Crippen LogP contribution is 2.65. The average Bonchev–Trinajstić information content (AvgIpc) is 3.20. The average molecular weight is 512 g/mol. The van der Waals surface area contributed by atoms with E-state index in [1.54, 1.807) is 6.07 Å². The molecule has 1 aromatic heterocycles. The Morgan fingerprint density at radius 2 is 1.83 bits per heavy atom. The Labute approximate surface area is 210 Å². The number of carboxylic acids is 1. The zero-order valence-corrected chi connectivity index (χ0v) is 21.2. The van der Waals surface area contributed by atoms with E-state index in [0.717, 1.165) is 48.9 Å². The van der Waals surface area contributed by atoms with Crippen LogP contribution in [0.25, 0.3) is 10.4 Å². The molecule has 3 aromatic rings. The largest absolute Gasteiger partial charge is 0.481 e. The second-order valence-electron chi connectivity index (χ2n) is 9.49. The fourth-order valence-electron chi connectivity index (χ4n) is 5.36. The Morgan fingerprint density at radius 1 is 1.09 bits per heavy atom. The van der Waals surface area contributed by atoms with Crippen LogP contribution in [-0.2, 0) is 25.9 Å². The lowest BCUT2D eigenvalue weighted by atomic mass is 10.0. The first-order valence-corrected chi connectivity index (χ1v) is 14.3. The van der Waals surface area contributed by atoms with Crippen LogP contribution in [0.4, 0.5) is 0 Å². The molecule has 3 unspecified atom stereocenters. The van der Waals surface area contributed by atoms with Crippen molar-refractivity contribution in [2.45, 2.75) is 23.6 Å². The van der Waals surface area contributed by atoms with E-state index in [1.807, 2.05) is 55.5 Å². The number of hydrogen-bond acceptors (Lipinski definition) is 6. The molecule has 3 atom stereocenters. The summed E-state index contributed by atoms with van der Waals surface area (Å²) in [5.74, 6) is -2.01. The zero-order valence-electron chi connectivity index (χ0n) is 19.6. The number of carboxylic acid groups (broad SMARTS) is 1. The number of aliphatic carboxylic acids is 1. The molecular weight excluding hydrogens is 482 g/mol. The highest BCUT2D eigenvalue weighted by molar-refractivity contribution is 7.93. The molecule has 1 N–H and O–H groups in total. The quantitative estimate of drug-likeness (QED) is 0.479. The molecule has 0 bridgehead atoms. The summed E-state index contributed by atoms with van der Waals surface area (Å²) in [6, 6.07) is 21.0. The third kappa shape index (κ3) is 4.68. The number of sulfone groups is 1. The topological polar surface area (TPSA) is 83.9 Å². The molecule has 2 heterocycles. The van der Waals surface area contributed by atoms with Gasteiger partial charge in [0.1, 0.15) is 4.21 Å². The van der Waals surface area contributed by atoms with Crippen LogP contribution in [0.5, 0.6) is 0 Å². The minimum atomic E-state index is -3.78. The van der Waals surface area contributed by atoms with Gasteiger partial charge < -0.3 is 9.84 Å². The molecule has 1 saturated heterocycles. The van der Waals surface area contributed by atoms with Crippen LogP contribution in [0.1, 0.15) is 24.0 Å². The van der Waals surface area contributed by atoms with E-state index in [9.17, 15) is 18.3 Å². The summed E-state index contributed by atoms with van der Waals surface area (Å²) >= 11 is 1.21. The summed E-state index contributed by atoms with van der Waals surface area (Å²) in [4.78, 5) is 15.5. The third-order valence-corrected chi connectivity index (χ3v) is 10.9. The van der Waals surface area contributed by atoms with Gasteiger partial charge in [-0.1, -0.05) is 55.5 Å². The fourth-order valence-corrected chi connectivity index (χ4v) is 8.66. The Hall–Kier alpha value is -2.52. The second kappa shape index (κ2) is 9.50. The van der Waals surface area contributed by atoms with E-state index in [2.05, 4.69) is 17.0 Å². The van der Waals surface area contributed by atoms with Crippen LogP contribution >= 0.6 is 11.3 Å². The summed E-state index contributed by atoms with van der Waals surface area (Å²) in [6.45, 7) is 5.95. The van der Waals surface area contributed by atoms with Crippen molar-refractivity contribution in [3.63, 3.8) is 0 Å². The van der Waals surface area contributed by atoms with E-state index in [0.29, 0.717) is 0 Å². The van der Waals surface area contributed by atoms with Crippen molar-refractivity contribution in [3.05, 3.63) is 77.9 Å². The van der Waals surface area contributed by atoms with Gasteiger partial charge in [0.15, 0.2) is 9.84 Å². The van der Waals surface area contributed by atoms with Gasteiger partial charge in [0, 0.05) is 30.4 Å². The minimum Gasteiger partial charge on any atom is -0.481 e. The van der Waals surface area contributed by atoms with Crippen molar-refractivity contribution < 1.29 is 23.1 Å². The van der Waals surface area contributed by atoms with Gasteiger partial charge in [0.2, 0.25) is 0 Å². The SMILES string of the molecule is CC1C(c2ccccc2)C1(CS(=O)(=O)c1ccc(-c2cccc(CN3CCOCC3)c2)s1)C(=O)O. The Kier molecular flexibility index (Phi) is 6.57. The van der Waals surface area contributed by atoms with Crippen LogP contribution in [0, 0.1) is 11.3 Å². The van der Waals surface area contributed by atoms with Crippen molar-refractivity contribution in [1.29, 1.82) is 0 Å². The van der Waals surface area contributed by atoms with Crippen molar-refractivity contribution in [2.75, 3.05) is 32.1 Å². The molecule has 6 nitrogen and oxygen atoms in total. The highest BCUT2D eigenvalue weighted by atomic mass is 32.2. The monoisotopic (exact) mass is 511 g/mol. The molecule has 0 spiro atoms. The number of carbonyl (C=O) groups is 1. The third-order valence-electron chi connectivity index (χ3n) is 7.35. The van der Waals surface area contributed by atoms with Gasteiger partial charge in [-0.05, 0) is 40.8 Å². The van der Waals surface area contributed by atoms with Gasteiger partial charge in [-0.3, -0.25) is 9.69 Å². The summed E-state index contributed by atoms with van der Waals surface area (Å²) in [5.41, 5.74) is 1.71. The van der Waals surface area contributed by atoms with Gasteiger partial charge in [-0.15, -0.1) is 11.3 Å². The predicted molar refractivity (Wildman–Crippen MR) is 136 cm³/mol. The zero-order chi connectivity index (χ0) is 24.6. The molecule has 1 saturated carbocycles. The van der Waals surface area contributed by atoms with Crippen LogP contribution in [-0.4, -0.2) is 56.4 Å². The van der Waals surface area contributed by atoms with E-state index in [4.69, 9.17) is 4.74 Å². The lowest BCUT2D eigenvalue weighted by Gasteiger charge is -2.26. The maximum absolute atomic E-state index is 13.4. The second-order valence-corrected chi connectivity index (χ2v) is 12.8. The molecule has 0 radical (unpaired) electrons. The number of morpholine rings is 1. The normalized spacial score (nSPS) is 24.8. The Balaban J connectivity index is 1.36. The first kappa shape index (κ1) is 24.2. The van der Waals surface area contributed by atoms with E-state index >= 15 is 0 Å². The van der Waals surface area contributed by atoms with Gasteiger partial charge in [-0.25, -0.2) is 8.42 Å². The van der Waals surface area contributed by atoms with Gasteiger partial charge in [0.05, 0.1) is 24.4 Å². The summed E-state index contributed by atoms with van der Waals surface area (Å²) in [6.07, 6.45) is 0. The van der Waals surface area contributed by atoms with Crippen LogP contribution in [0.2, 0.25) is 0 Å². The van der Waals surface area contributed by atoms with Gasteiger partial charge in [-0.2, -0.15) is 0 Å². The lowest BCUT2D eigenvalue weighted by molar-refractivity contribution is -0.143.